The van der Waals surface area contributed by atoms with Crippen LogP contribution in [0, 0.1) is 6.92 Å². The van der Waals surface area contributed by atoms with E-state index in [2.05, 4.69) is 24.3 Å². The minimum Gasteiger partial charge on any atom is -0.496 e. The first kappa shape index (κ1) is 22.1. The van der Waals surface area contributed by atoms with Gasteiger partial charge in [-0.05, 0) is 54.0 Å². The molecule has 0 aromatic heterocycles. The molecule has 0 heterocycles. The monoisotopic (exact) mass is 434 g/mol. The van der Waals surface area contributed by atoms with Crippen molar-refractivity contribution in [2.75, 3.05) is 7.11 Å². The fraction of sp³-hybridized carbons (Fsp3) is 0.100. The molecule has 0 saturated heterocycles. The standard InChI is InChI=1S/C30H26O3/c1-22-8-12-26(13-9-22)29(31)18-10-23-11-19-30(32-2)27(20-23)21-33-28-16-14-25(15-17-28)24-6-4-3-5-7-24/h3-20H,21H2,1-2H3/b18-10+. The largest absolute Gasteiger partial charge is 0.496 e. The number of carbonyl (C=O) groups is 1. The van der Waals surface area contributed by atoms with Crippen molar-refractivity contribution in [3.63, 3.8) is 0 Å². The van der Waals surface area contributed by atoms with Gasteiger partial charge in [-0.2, -0.15) is 0 Å². The van der Waals surface area contributed by atoms with Crippen molar-refractivity contribution >= 4 is 11.9 Å². The minimum absolute atomic E-state index is 0.0258. The van der Waals surface area contributed by atoms with Gasteiger partial charge in [0.05, 0.1) is 7.11 Å². The number of rotatable bonds is 8. The van der Waals surface area contributed by atoms with E-state index in [1.54, 1.807) is 13.2 Å². The molecule has 3 nitrogen and oxygen atoms in total. The molecule has 0 aliphatic carbocycles. The lowest BCUT2D eigenvalue weighted by molar-refractivity contribution is 0.104. The molecule has 4 aromatic rings. The first-order chi connectivity index (χ1) is 16.1. The lowest BCUT2D eigenvalue weighted by atomic mass is 10.1. The Kier molecular flexibility index (Phi) is 7.01. The Morgan fingerprint density at radius 2 is 1.52 bits per heavy atom. The Labute approximate surface area is 194 Å². The summed E-state index contributed by atoms with van der Waals surface area (Å²) >= 11 is 0. The summed E-state index contributed by atoms with van der Waals surface area (Å²) in [5.74, 6) is 1.51. The van der Waals surface area contributed by atoms with Gasteiger partial charge in [0.2, 0.25) is 0 Å². The number of aryl methyl sites for hydroxylation is 1. The van der Waals surface area contributed by atoms with E-state index >= 15 is 0 Å². The second kappa shape index (κ2) is 10.5. The second-order valence-electron chi connectivity index (χ2n) is 7.81. The predicted molar refractivity (Wildman–Crippen MR) is 134 cm³/mol. The van der Waals surface area contributed by atoms with E-state index in [1.807, 2.05) is 85.8 Å². The summed E-state index contributed by atoms with van der Waals surface area (Å²) < 4.78 is 11.5. The summed E-state index contributed by atoms with van der Waals surface area (Å²) in [5.41, 5.74) is 5.94. The Morgan fingerprint density at radius 1 is 0.818 bits per heavy atom. The SMILES string of the molecule is COc1ccc(/C=C/C(=O)c2ccc(C)cc2)cc1COc1ccc(-c2ccccc2)cc1. The Balaban J connectivity index is 1.44. The number of carbonyl (C=O) groups excluding carboxylic acids is 1. The van der Waals surface area contributed by atoms with Crippen LogP contribution < -0.4 is 9.47 Å². The zero-order valence-corrected chi connectivity index (χ0v) is 18.8. The van der Waals surface area contributed by atoms with Crippen LogP contribution in [0.5, 0.6) is 11.5 Å². The number of methoxy groups -OCH3 is 1. The van der Waals surface area contributed by atoms with Gasteiger partial charge in [0.1, 0.15) is 18.1 Å². The summed E-state index contributed by atoms with van der Waals surface area (Å²) in [5, 5.41) is 0. The van der Waals surface area contributed by atoms with Crippen LogP contribution in [0.3, 0.4) is 0 Å². The van der Waals surface area contributed by atoms with Crippen molar-refractivity contribution in [2.45, 2.75) is 13.5 Å². The average molecular weight is 435 g/mol. The second-order valence-corrected chi connectivity index (χ2v) is 7.81. The molecule has 0 N–H and O–H groups in total. The summed E-state index contributed by atoms with van der Waals surface area (Å²) in [6.45, 7) is 2.37. The van der Waals surface area contributed by atoms with Gasteiger partial charge in [-0.25, -0.2) is 0 Å². The number of ketones is 1. The van der Waals surface area contributed by atoms with E-state index in [9.17, 15) is 4.79 Å². The molecule has 3 heteroatoms. The van der Waals surface area contributed by atoms with Crippen LogP contribution in [0.15, 0.2) is 103 Å². The Morgan fingerprint density at radius 3 is 2.21 bits per heavy atom. The highest BCUT2D eigenvalue weighted by atomic mass is 16.5. The normalized spacial score (nSPS) is 10.8. The van der Waals surface area contributed by atoms with E-state index in [0.717, 1.165) is 33.8 Å². The predicted octanol–water partition coefficient (Wildman–Crippen LogP) is 7.15. The molecule has 4 aromatic carbocycles. The van der Waals surface area contributed by atoms with E-state index in [1.165, 1.54) is 5.56 Å². The van der Waals surface area contributed by atoms with Crippen LogP contribution in [-0.2, 0) is 6.61 Å². The first-order valence-corrected chi connectivity index (χ1v) is 10.9. The maximum Gasteiger partial charge on any atom is 0.185 e. The molecule has 0 spiro atoms. The topological polar surface area (TPSA) is 35.5 Å². The molecule has 0 bridgehead atoms. The van der Waals surface area contributed by atoms with Gasteiger partial charge >= 0.3 is 0 Å². The van der Waals surface area contributed by atoms with Gasteiger partial charge in [0.15, 0.2) is 5.78 Å². The van der Waals surface area contributed by atoms with E-state index < -0.39 is 0 Å². The van der Waals surface area contributed by atoms with Gasteiger partial charge in [-0.1, -0.05) is 84.4 Å². The molecule has 0 amide bonds. The van der Waals surface area contributed by atoms with Gasteiger partial charge in [0, 0.05) is 11.1 Å². The first-order valence-electron chi connectivity index (χ1n) is 10.9. The molecule has 0 saturated carbocycles. The van der Waals surface area contributed by atoms with E-state index in [-0.39, 0.29) is 5.78 Å². The zero-order chi connectivity index (χ0) is 23.0. The lowest BCUT2D eigenvalue weighted by Crippen LogP contribution is -1.99. The minimum atomic E-state index is -0.0258. The van der Waals surface area contributed by atoms with Crippen LogP contribution in [0.25, 0.3) is 17.2 Å². The molecule has 0 aliphatic rings. The number of benzene rings is 4. The van der Waals surface area contributed by atoms with Crippen molar-refractivity contribution in [1.82, 2.24) is 0 Å². The third-order valence-electron chi connectivity index (χ3n) is 5.42. The molecule has 0 aliphatic heterocycles. The third kappa shape index (κ3) is 5.78. The summed E-state index contributed by atoms with van der Waals surface area (Å²) in [6, 6.07) is 31.7. The van der Waals surface area contributed by atoms with Gasteiger partial charge < -0.3 is 9.47 Å². The Hall–Kier alpha value is -4.11. The third-order valence-corrected chi connectivity index (χ3v) is 5.42. The molecule has 0 radical (unpaired) electrons. The maximum absolute atomic E-state index is 12.4. The van der Waals surface area contributed by atoms with E-state index in [4.69, 9.17) is 9.47 Å². The van der Waals surface area contributed by atoms with Crippen LogP contribution in [0.2, 0.25) is 0 Å². The zero-order valence-electron chi connectivity index (χ0n) is 18.8. The van der Waals surface area contributed by atoms with Crippen LogP contribution in [-0.4, -0.2) is 12.9 Å². The highest BCUT2D eigenvalue weighted by molar-refractivity contribution is 6.06. The van der Waals surface area contributed by atoms with Crippen molar-refractivity contribution in [2.24, 2.45) is 0 Å². The van der Waals surface area contributed by atoms with Crippen molar-refractivity contribution in [3.8, 4) is 22.6 Å². The number of ether oxygens (including phenoxy) is 2. The summed E-state index contributed by atoms with van der Waals surface area (Å²) in [6.07, 6.45) is 3.42. The summed E-state index contributed by atoms with van der Waals surface area (Å²) in [7, 11) is 1.64. The molecule has 0 atom stereocenters. The number of allylic oxidation sites excluding steroid dienone is 1. The summed E-state index contributed by atoms with van der Waals surface area (Å²) in [4.78, 5) is 12.4. The molecular formula is C30H26O3. The maximum atomic E-state index is 12.4. The fourth-order valence-electron chi connectivity index (χ4n) is 3.54. The quantitative estimate of drug-likeness (QED) is 0.218. The van der Waals surface area contributed by atoms with E-state index in [0.29, 0.717) is 12.2 Å². The average Bonchev–Trinajstić information content (AvgIpc) is 2.87. The number of hydrogen-bond acceptors (Lipinski definition) is 3. The smallest absolute Gasteiger partial charge is 0.185 e. The van der Waals surface area contributed by atoms with Crippen molar-refractivity contribution < 1.29 is 14.3 Å². The number of hydrogen-bond donors (Lipinski definition) is 0. The van der Waals surface area contributed by atoms with Gasteiger partial charge in [-0.3, -0.25) is 4.79 Å². The molecule has 0 unspecified atom stereocenters. The Bertz CT molecular complexity index is 1240. The van der Waals surface area contributed by atoms with Crippen molar-refractivity contribution in [1.29, 1.82) is 0 Å². The molecule has 0 fully saturated rings. The van der Waals surface area contributed by atoms with Crippen LogP contribution in [0.4, 0.5) is 0 Å². The van der Waals surface area contributed by atoms with Crippen LogP contribution in [0.1, 0.15) is 27.0 Å². The van der Waals surface area contributed by atoms with Gasteiger partial charge in [0.25, 0.3) is 0 Å². The molecule has 4 rings (SSSR count). The molecule has 33 heavy (non-hydrogen) atoms. The van der Waals surface area contributed by atoms with Crippen LogP contribution >= 0.6 is 0 Å². The van der Waals surface area contributed by atoms with Crippen molar-refractivity contribution in [3.05, 3.63) is 125 Å². The lowest BCUT2D eigenvalue weighted by Gasteiger charge is -2.12. The highest BCUT2D eigenvalue weighted by Gasteiger charge is 2.07. The van der Waals surface area contributed by atoms with Gasteiger partial charge in [-0.15, -0.1) is 0 Å². The molecular weight excluding hydrogens is 408 g/mol. The fourth-order valence-corrected chi connectivity index (χ4v) is 3.54. The highest BCUT2D eigenvalue weighted by Crippen LogP contribution is 2.25. The molecule has 164 valence electrons.